The van der Waals surface area contributed by atoms with Crippen molar-refractivity contribution in [1.82, 2.24) is 4.90 Å². The number of rotatable bonds is 5. The maximum absolute atomic E-state index is 9.38. The lowest BCUT2D eigenvalue weighted by molar-refractivity contribution is 0.0913. The van der Waals surface area contributed by atoms with Crippen LogP contribution in [0, 0.1) is 0 Å². The van der Waals surface area contributed by atoms with Gasteiger partial charge in [0.15, 0.2) is 0 Å². The smallest absolute Gasteiger partial charge is 0.119 e. The molecule has 0 aliphatic carbocycles. The molecule has 1 aliphatic heterocycles. The average molecular weight is 249 g/mol. The molecule has 0 unspecified atom stereocenters. The molecular weight excluding hydrogens is 226 g/mol. The van der Waals surface area contributed by atoms with Crippen LogP contribution in [-0.2, 0) is 6.42 Å². The fraction of sp³-hybridized carbons (Fsp3) is 0.600. The number of hydrogen-bond donors (Lipinski definition) is 1. The molecule has 3 heteroatoms. The van der Waals surface area contributed by atoms with Crippen molar-refractivity contribution < 1.29 is 9.84 Å². The molecule has 0 radical (unpaired) electrons. The molecule has 18 heavy (non-hydrogen) atoms. The van der Waals surface area contributed by atoms with E-state index in [-0.39, 0.29) is 6.61 Å². The van der Waals surface area contributed by atoms with Crippen molar-refractivity contribution in [2.45, 2.75) is 31.7 Å². The summed E-state index contributed by atoms with van der Waals surface area (Å²) in [6.07, 6.45) is 4.66. The Labute approximate surface area is 109 Å². The molecule has 0 amide bonds. The van der Waals surface area contributed by atoms with Crippen LogP contribution in [0.4, 0.5) is 0 Å². The van der Waals surface area contributed by atoms with Crippen molar-refractivity contribution in [2.75, 3.05) is 26.8 Å². The van der Waals surface area contributed by atoms with Crippen molar-refractivity contribution in [3.8, 4) is 5.75 Å². The summed E-state index contributed by atoms with van der Waals surface area (Å²) in [6, 6.07) is 8.61. The maximum atomic E-state index is 9.38. The van der Waals surface area contributed by atoms with Gasteiger partial charge in [-0.25, -0.2) is 0 Å². The highest BCUT2D eigenvalue weighted by Gasteiger charge is 2.20. The summed E-state index contributed by atoms with van der Waals surface area (Å²) < 4.78 is 5.24. The minimum Gasteiger partial charge on any atom is -0.497 e. The SMILES string of the molecule is COc1cccc(CCN2CCCC[C@@H]2CO)c1. The standard InChI is InChI=1S/C15H23NO2/c1-18-15-7-4-5-13(11-15)8-10-16-9-3-2-6-14(16)12-17/h4-5,7,11,14,17H,2-3,6,8-10,12H2,1H3/t14-/m1/s1. The van der Waals surface area contributed by atoms with Gasteiger partial charge < -0.3 is 9.84 Å². The summed E-state index contributed by atoms with van der Waals surface area (Å²) in [5, 5.41) is 9.38. The molecule has 1 aromatic rings. The third kappa shape index (κ3) is 3.47. The first-order chi connectivity index (χ1) is 8.83. The Hall–Kier alpha value is -1.06. The predicted octanol–water partition coefficient (Wildman–Crippen LogP) is 2.08. The third-order valence-electron chi connectivity index (χ3n) is 3.78. The molecule has 1 aliphatic rings. The Morgan fingerprint density at radius 3 is 3.06 bits per heavy atom. The zero-order chi connectivity index (χ0) is 12.8. The molecule has 0 bridgehead atoms. The summed E-state index contributed by atoms with van der Waals surface area (Å²) in [7, 11) is 1.70. The number of aliphatic hydroxyl groups excluding tert-OH is 1. The fourth-order valence-corrected chi connectivity index (χ4v) is 2.66. The highest BCUT2D eigenvalue weighted by atomic mass is 16.5. The van der Waals surface area contributed by atoms with Crippen LogP contribution < -0.4 is 4.74 Å². The highest BCUT2D eigenvalue weighted by Crippen LogP contribution is 2.18. The largest absolute Gasteiger partial charge is 0.497 e. The fourth-order valence-electron chi connectivity index (χ4n) is 2.66. The molecular formula is C15H23NO2. The van der Waals surface area contributed by atoms with E-state index in [9.17, 15) is 5.11 Å². The summed E-state index contributed by atoms with van der Waals surface area (Å²) in [6.45, 7) is 2.44. The van der Waals surface area contributed by atoms with Gasteiger partial charge in [-0.2, -0.15) is 0 Å². The minimum atomic E-state index is 0.290. The number of benzene rings is 1. The second kappa shape index (κ2) is 6.76. The van der Waals surface area contributed by atoms with Gasteiger partial charge in [0, 0.05) is 12.6 Å². The van der Waals surface area contributed by atoms with Crippen LogP contribution in [0.15, 0.2) is 24.3 Å². The Bertz CT molecular complexity index is 367. The molecule has 0 saturated carbocycles. The second-order valence-corrected chi connectivity index (χ2v) is 4.97. The second-order valence-electron chi connectivity index (χ2n) is 4.97. The number of likely N-dealkylation sites (tertiary alicyclic amines) is 1. The molecule has 1 aromatic carbocycles. The van der Waals surface area contributed by atoms with Crippen LogP contribution in [0.1, 0.15) is 24.8 Å². The number of hydrogen-bond acceptors (Lipinski definition) is 3. The van der Waals surface area contributed by atoms with Gasteiger partial charge >= 0.3 is 0 Å². The van der Waals surface area contributed by atoms with Gasteiger partial charge in [0.1, 0.15) is 5.75 Å². The van der Waals surface area contributed by atoms with E-state index in [0.717, 1.165) is 31.7 Å². The first kappa shape index (κ1) is 13.4. The molecule has 0 aromatic heterocycles. The van der Waals surface area contributed by atoms with Crippen molar-refractivity contribution in [3.05, 3.63) is 29.8 Å². The molecule has 1 heterocycles. The summed E-state index contributed by atoms with van der Waals surface area (Å²) in [4.78, 5) is 2.42. The zero-order valence-electron chi connectivity index (χ0n) is 11.1. The first-order valence-electron chi connectivity index (χ1n) is 6.81. The van der Waals surface area contributed by atoms with Crippen LogP contribution in [0.2, 0.25) is 0 Å². The Morgan fingerprint density at radius 1 is 1.39 bits per heavy atom. The molecule has 2 rings (SSSR count). The van der Waals surface area contributed by atoms with E-state index in [1.807, 2.05) is 12.1 Å². The van der Waals surface area contributed by atoms with Crippen LogP contribution in [0.5, 0.6) is 5.75 Å². The number of ether oxygens (including phenoxy) is 1. The third-order valence-corrected chi connectivity index (χ3v) is 3.78. The average Bonchev–Trinajstić information content (AvgIpc) is 2.45. The van der Waals surface area contributed by atoms with Crippen molar-refractivity contribution >= 4 is 0 Å². The predicted molar refractivity (Wildman–Crippen MR) is 73.0 cm³/mol. The Morgan fingerprint density at radius 2 is 2.28 bits per heavy atom. The zero-order valence-corrected chi connectivity index (χ0v) is 11.1. The van der Waals surface area contributed by atoms with E-state index in [1.54, 1.807) is 7.11 Å². The quantitative estimate of drug-likeness (QED) is 0.867. The summed E-state index contributed by atoms with van der Waals surface area (Å²) in [5.41, 5.74) is 1.30. The summed E-state index contributed by atoms with van der Waals surface area (Å²) >= 11 is 0. The molecule has 3 nitrogen and oxygen atoms in total. The minimum absolute atomic E-state index is 0.290. The molecule has 0 spiro atoms. The van der Waals surface area contributed by atoms with Gasteiger partial charge in [-0.05, 0) is 43.5 Å². The van der Waals surface area contributed by atoms with Crippen LogP contribution in [0.25, 0.3) is 0 Å². The lowest BCUT2D eigenvalue weighted by Crippen LogP contribution is -2.42. The first-order valence-corrected chi connectivity index (χ1v) is 6.81. The van der Waals surface area contributed by atoms with E-state index in [2.05, 4.69) is 17.0 Å². The van der Waals surface area contributed by atoms with Crippen LogP contribution in [0.3, 0.4) is 0 Å². The van der Waals surface area contributed by atoms with E-state index < -0.39 is 0 Å². The number of aliphatic hydroxyl groups is 1. The molecule has 1 atom stereocenters. The summed E-state index contributed by atoms with van der Waals surface area (Å²) in [5.74, 6) is 0.921. The van der Waals surface area contributed by atoms with E-state index >= 15 is 0 Å². The molecule has 1 fully saturated rings. The van der Waals surface area contributed by atoms with Gasteiger partial charge in [0.25, 0.3) is 0 Å². The van der Waals surface area contributed by atoms with Crippen LogP contribution in [-0.4, -0.2) is 42.9 Å². The van der Waals surface area contributed by atoms with E-state index in [4.69, 9.17) is 4.74 Å². The monoisotopic (exact) mass is 249 g/mol. The Balaban J connectivity index is 1.89. The lowest BCUT2D eigenvalue weighted by atomic mass is 10.0. The van der Waals surface area contributed by atoms with Crippen molar-refractivity contribution in [3.63, 3.8) is 0 Å². The molecule has 1 saturated heterocycles. The van der Waals surface area contributed by atoms with Crippen LogP contribution >= 0.6 is 0 Å². The van der Waals surface area contributed by atoms with E-state index in [1.165, 1.54) is 18.4 Å². The lowest BCUT2D eigenvalue weighted by Gasteiger charge is -2.34. The van der Waals surface area contributed by atoms with Crippen molar-refractivity contribution in [2.24, 2.45) is 0 Å². The number of methoxy groups -OCH3 is 1. The van der Waals surface area contributed by atoms with Crippen molar-refractivity contribution in [1.29, 1.82) is 0 Å². The molecule has 100 valence electrons. The van der Waals surface area contributed by atoms with E-state index in [0.29, 0.717) is 6.04 Å². The normalized spacial score (nSPS) is 20.9. The number of piperidine rings is 1. The molecule has 1 N–H and O–H groups in total. The van der Waals surface area contributed by atoms with Gasteiger partial charge in [-0.15, -0.1) is 0 Å². The van der Waals surface area contributed by atoms with Gasteiger partial charge in [-0.3, -0.25) is 4.90 Å². The number of nitrogens with zero attached hydrogens (tertiary/aromatic N) is 1. The Kier molecular flexibility index (Phi) is 5.02. The van der Waals surface area contributed by atoms with Gasteiger partial charge in [-0.1, -0.05) is 18.6 Å². The highest BCUT2D eigenvalue weighted by molar-refractivity contribution is 5.28. The van der Waals surface area contributed by atoms with Gasteiger partial charge in [0.05, 0.1) is 13.7 Å². The topological polar surface area (TPSA) is 32.7 Å². The van der Waals surface area contributed by atoms with Gasteiger partial charge in [0.2, 0.25) is 0 Å². The maximum Gasteiger partial charge on any atom is 0.119 e.